The van der Waals surface area contributed by atoms with Crippen LogP contribution in [0.3, 0.4) is 0 Å². The molecule has 1 aromatic carbocycles. The lowest BCUT2D eigenvalue weighted by Gasteiger charge is -2.17. The Balaban J connectivity index is 1.94. The molecule has 1 aromatic heterocycles. The number of hydrogen-bond donors (Lipinski definition) is 1. The van der Waals surface area contributed by atoms with Crippen molar-refractivity contribution in [1.82, 2.24) is 14.8 Å². The van der Waals surface area contributed by atoms with Crippen molar-refractivity contribution < 1.29 is 14.0 Å². The summed E-state index contributed by atoms with van der Waals surface area (Å²) in [7, 11) is 5.02. The zero-order chi connectivity index (χ0) is 16.3. The van der Waals surface area contributed by atoms with Gasteiger partial charge in [-0.15, -0.1) is 0 Å². The smallest absolute Gasteiger partial charge is 0.240 e. The largest absolute Gasteiger partial charge is 0.348 e. The van der Waals surface area contributed by atoms with Gasteiger partial charge in [-0.3, -0.25) is 14.5 Å². The minimum absolute atomic E-state index is 0.0733. The van der Waals surface area contributed by atoms with Crippen LogP contribution in [0.4, 0.5) is 9.52 Å². The molecule has 1 N–H and O–H groups in total. The van der Waals surface area contributed by atoms with Crippen molar-refractivity contribution in [2.45, 2.75) is 0 Å². The molecule has 6 nitrogen and oxygen atoms in total. The second kappa shape index (κ2) is 6.80. The predicted molar refractivity (Wildman–Crippen MR) is 84.4 cm³/mol. The number of hydrogen-bond acceptors (Lipinski definition) is 5. The van der Waals surface area contributed by atoms with Gasteiger partial charge in [0.1, 0.15) is 5.82 Å². The molecule has 1 heterocycles. The number of aromatic nitrogens is 1. The van der Waals surface area contributed by atoms with Gasteiger partial charge in [0.25, 0.3) is 0 Å². The van der Waals surface area contributed by atoms with Crippen LogP contribution in [0.25, 0.3) is 10.2 Å². The number of fused-ring (bicyclic) bond motifs is 1. The van der Waals surface area contributed by atoms with E-state index in [2.05, 4.69) is 10.3 Å². The average molecular weight is 324 g/mol. The third-order valence-electron chi connectivity index (χ3n) is 2.91. The fourth-order valence-corrected chi connectivity index (χ4v) is 2.69. The Kier molecular flexibility index (Phi) is 5.04. The summed E-state index contributed by atoms with van der Waals surface area (Å²) in [6, 6.07) is 4.28. The van der Waals surface area contributed by atoms with Crippen LogP contribution in [0.1, 0.15) is 0 Å². The third-order valence-corrected chi connectivity index (χ3v) is 3.85. The average Bonchev–Trinajstić information content (AvgIpc) is 2.78. The Morgan fingerprint density at radius 1 is 1.27 bits per heavy atom. The van der Waals surface area contributed by atoms with Crippen LogP contribution < -0.4 is 5.32 Å². The molecule has 0 aliphatic heterocycles. The first kappa shape index (κ1) is 16.3. The molecule has 0 unspecified atom stereocenters. The molecule has 0 aliphatic carbocycles. The maximum absolute atomic E-state index is 13.1. The fourth-order valence-electron chi connectivity index (χ4n) is 1.78. The van der Waals surface area contributed by atoms with E-state index in [-0.39, 0.29) is 30.7 Å². The van der Waals surface area contributed by atoms with Gasteiger partial charge in [-0.2, -0.15) is 0 Å². The Bertz CT molecular complexity index is 701. The van der Waals surface area contributed by atoms with Crippen LogP contribution in [0.5, 0.6) is 0 Å². The first-order valence-corrected chi connectivity index (χ1v) is 7.41. The number of likely N-dealkylation sites (N-methyl/N-ethyl adjacent to an activating group) is 2. The lowest BCUT2D eigenvalue weighted by molar-refractivity contribution is -0.130. The lowest BCUT2D eigenvalue weighted by Crippen LogP contribution is -2.38. The second-order valence-corrected chi connectivity index (χ2v) is 6.17. The zero-order valence-electron chi connectivity index (χ0n) is 12.6. The molecule has 0 atom stereocenters. The lowest BCUT2D eigenvalue weighted by atomic mass is 10.3. The van der Waals surface area contributed by atoms with Gasteiger partial charge in [0.05, 0.1) is 23.3 Å². The Morgan fingerprint density at radius 3 is 2.68 bits per heavy atom. The number of rotatable bonds is 5. The molecule has 0 spiro atoms. The van der Waals surface area contributed by atoms with Crippen LogP contribution in [-0.2, 0) is 9.59 Å². The summed E-state index contributed by atoms with van der Waals surface area (Å²) in [5, 5.41) is 3.08. The summed E-state index contributed by atoms with van der Waals surface area (Å²) >= 11 is 1.21. The second-order valence-electron chi connectivity index (χ2n) is 5.14. The number of thiazole rings is 1. The summed E-state index contributed by atoms with van der Waals surface area (Å²) in [5.41, 5.74) is 0.637. The molecule has 2 rings (SSSR count). The molecular weight excluding hydrogens is 307 g/mol. The van der Waals surface area contributed by atoms with E-state index >= 15 is 0 Å². The van der Waals surface area contributed by atoms with Gasteiger partial charge >= 0.3 is 0 Å². The number of halogens is 1. The molecule has 8 heteroatoms. The van der Waals surface area contributed by atoms with E-state index in [1.165, 1.54) is 28.4 Å². The summed E-state index contributed by atoms with van der Waals surface area (Å²) in [5.74, 6) is -0.685. The maximum atomic E-state index is 13.1. The summed E-state index contributed by atoms with van der Waals surface area (Å²) in [6.45, 7) is 0.231. The van der Waals surface area contributed by atoms with Gasteiger partial charge in [-0.25, -0.2) is 9.37 Å². The van der Waals surface area contributed by atoms with Crippen LogP contribution in [0.15, 0.2) is 18.2 Å². The highest BCUT2D eigenvalue weighted by atomic mass is 32.1. The molecule has 22 heavy (non-hydrogen) atoms. The van der Waals surface area contributed by atoms with E-state index in [0.29, 0.717) is 15.3 Å². The van der Waals surface area contributed by atoms with Crippen LogP contribution >= 0.6 is 11.3 Å². The normalized spacial score (nSPS) is 11.0. The van der Waals surface area contributed by atoms with E-state index in [9.17, 15) is 14.0 Å². The first-order chi connectivity index (χ1) is 10.3. The zero-order valence-corrected chi connectivity index (χ0v) is 13.4. The van der Waals surface area contributed by atoms with Gasteiger partial charge in [-0.1, -0.05) is 11.3 Å². The summed E-state index contributed by atoms with van der Waals surface area (Å²) in [6.07, 6.45) is 0. The van der Waals surface area contributed by atoms with Crippen LogP contribution in [-0.4, -0.2) is 60.8 Å². The molecule has 2 aromatic rings. The first-order valence-electron chi connectivity index (χ1n) is 6.60. The molecule has 2 amide bonds. The molecule has 0 saturated heterocycles. The molecule has 0 bridgehead atoms. The van der Waals surface area contributed by atoms with Gasteiger partial charge in [0.15, 0.2) is 5.13 Å². The number of nitrogens with zero attached hydrogens (tertiary/aromatic N) is 3. The van der Waals surface area contributed by atoms with Crippen molar-refractivity contribution in [2.75, 3.05) is 39.5 Å². The fraction of sp³-hybridized carbons (Fsp3) is 0.357. The Hall–Kier alpha value is -2.06. The molecule has 0 radical (unpaired) electrons. The Morgan fingerprint density at radius 2 is 2.00 bits per heavy atom. The van der Waals surface area contributed by atoms with E-state index in [0.717, 1.165) is 0 Å². The minimum atomic E-state index is -0.337. The van der Waals surface area contributed by atoms with Crippen molar-refractivity contribution in [1.29, 1.82) is 0 Å². The van der Waals surface area contributed by atoms with E-state index < -0.39 is 0 Å². The van der Waals surface area contributed by atoms with Gasteiger partial charge in [0, 0.05) is 14.1 Å². The standard InChI is InChI=1S/C14H17FN4O2S/c1-18(2)13(21)8-19(3)7-12(20)17-14-16-10-5-4-9(15)6-11(10)22-14/h4-6H,7-8H2,1-3H3,(H,16,17,20). The third kappa shape index (κ3) is 4.22. The van der Waals surface area contributed by atoms with E-state index in [1.54, 1.807) is 32.1 Å². The van der Waals surface area contributed by atoms with Crippen LogP contribution in [0, 0.1) is 5.82 Å². The quantitative estimate of drug-likeness (QED) is 0.903. The summed E-state index contributed by atoms with van der Waals surface area (Å²) < 4.78 is 13.8. The number of amides is 2. The van der Waals surface area contributed by atoms with Crippen molar-refractivity contribution in [3.8, 4) is 0 Å². The van der Waals surface area contributed by atoms with Crippen LogP contribution in [0.2, 0.25) is 0 Å². The molecule has 0 fully saturated rings. The van der Waals surface area contributed by atoms with Gasteiger partial charge in [0.2, 0.25) is 11.8 Å². The predicted octanol–water partition coefficient (Wildman–Crippen LogP) is 1.39. The molecular formula is C14H17FN4O2S. The van der Waals surface area contributed by atoms with Crippen molar-refractivity contribution in [3.63, 3.8) is 0 Å². The summed E-state index contributed by atoms with van der Waals surface area (Å²) in [4.78, 5) is 30.8. The van der Waals surface area contributed by atoms with Crippen molar-refractivity contribution in [3.05, 3.63) is 24.0 Å². The SMILES string of the molecule is CN(CC(=O)Nc1nc2ccc(F)cc2s1)CC(=O)N(C)C. The number of carbonyl (C=O) groups is 2. The number of benzene rings is 1. The highest BCUT2D eigenvalue weighted by molar-refractivity contribution is 7.22. The molecule has 0 aliphatic rings. The maximum Gasteiger partial charge on any atom is 0.240 e. The molecule has 0 saturated carbocycles. The van der Waals surface area contributed by atoms with E-state index in [4.69, 9.17) is 0 Å². The monoisotopic (exact) mass is 324 g/mol. The van der Waals surface area contributed by atoms with Crippen molar-refractivity contribution >= 4 is 38.5 Å². The van der Waals surface area contributed by atoms with Gasteiger partial charge < -0.3 is 10.2 Å². The number of carbonyl (C=O) groups excluding carboxylic acids is 2. The Labute approximate surface area is 131 Å². The number of anilines is 1. The van der Waals surface area contributed by atoms with Gasteiger partial charge in [-0.05, 0) is 25.2 Å². The number of nitrogens with one attached hydrogen (secondary N) is 1. The topological polar surface area (TPSA) is 65.5 Å². The molecule has 118 valence electrons. The van der Waals surface area contributed by atoms with E-state index in [1.807, 2.05) is 0 Å². The highest BCUT2D eigenvalue weighted by Gasteiger charge is 2.13. The highest BCUT2D eigenvalue weighted by Crippen LogP contribution is 2.26. The minimum Gasteiger partial charge on any atom is -0.348 e. The van der Waals surface area contributed by atoms with Crippen molar-refractivity contribution in [2.24, 2.45) is 0 Å².